The summed E-state index contributed by atoms with van der Waals surface area (Å²) in [7, 11) is -2.26. The van der Waals surface area contributed by atoms with Crippen LogP contribution < -0.4 is 11.2 Å². The van der Waals surface area contributed by atoms with E-state index in [1.54, 1.807) is 0 Å². The molecule has 3 N–H and O–H groups in total. The summed E-state index contributed by atoms with van der Waals surface area (Å²) in [6.45, 7) is 9.99. The number of H-pyrrole nitrogens is 1. The molecule has 4 atom stereocenters. The van der Waals surface area contributed by atoms with Gasteiger partial charge in [-0.2, -0.15) is 0 Å². The molecule has 1 saturated heterocycles. The number of aliphatic hydroxyl groups excluding tert-OH is 2. The highest BCUT2D eigenvalue weighted by Gasteiger charge is 2.85. The van der Waals surface area contributed by atoms with E-state index >= 15 is 0 Å². The van der Waals surface area contributed by atoms with E-state index in [1.807, 2.05) is 0 Å². The third-order valence-corrected chi connectivity index (χ3v) is 10.5. The number of hydrogen-bond acceptors (Lipinski definition) is 6. The van der Waals surface area contributed by atoms with Crippen molar-refractivity contribution in [2.24, 2.45) is 0 Å². The zero-order chi connectivity index (χ0) is 18.8. The van der Waals surface area contributed by atoms with Crippen molar-refractivity contribution >= 4 is 8.32 Å². The van der Waals surface area contributed by atoms with Gasteiger partial charge in [0.15, 0.2) is 13.9 Å². The average Bonchev–Trinajstić information content (AvgIpc) is 2.79. The van der Waals surface area contributed by atoms with Gasteiger partial charge in [0.25, 0.3) is 5.56 Å². The fraction of sp³-hybridized carbons (Fsp3) is 0.750. The monoisotopic (exact) mass is 370 g/mol. The first-order valence-corrected chi connectivity index (χ1v) is 11.3. The van der Waals surface area contributed by atoms with E-state index < -0.39 is 49.7 Å². The standard InChI is InChI=1S/C16H26N2O6Si/c1-14(2,3)25(4,5)24-15-8-11(23-16(15,9-19)12(15)21)18-7-6-10(20)17-13(18)22/h6-7,11-12,19,21H,8-9H2,1-5H3,(H,17,20,22)/t11-,12?,15?,16-/m1/s1. The third kappa shape index (κ3) is 2.48. The number of ether oxygens (including phenoxy) is 1. The first-order chi connectivity index (χ1) is 11.4. The Morgan fingerprint density at radius 1 is 1.44 bits per heavy atom. The average molecular weight is 370 g/mol. The van der Waals surface area contributed by atoms with Crippen molar-refractivity contribution in [2.45, 2.75) is 68.9 Å². The lowest BCUT2D eigenvalue weighted by molar-refractivity contribution is -0.0888. The lowest BCUT2D eigenvalue weighted by atomic mass is 10.2. The van der Waals surface area contributed by atoms with E-state index in [-0.39, 0.29) is 11.5 Å². The second kappa shape index (κ2) is 5.37. The number of hydrogen-bond donors (Lipinski definition) is 3. The molecule has 1 saturated carbocycles. The van der Waals surface area contributed by atoms with Crippen LogP contribution in [-0.2, 0) is 9.16 Å². The molecular formula is C16H26N2O6Si. The normalized spacial score (nSPS) is 34.8. The van der Waals surface area contributed by atoms with Gasteiger partial charge >= 0.3 is 5.69 Å². The zero-order valence-electron chi connectivity index (χ0n) is 15.2. The smallest absolute Gasteiger partial charge is 0.330 e. The number of aromatic nitrogens is 2. The Morgan fingerprint density at radius 3 is 2.60 bits per heavy atom. The largest absolute Gasteiger partial charge is 0.405 e. The fourth-order valence-electron chi connectivity index (χ4n) is 3.37. The number of nitrogens with zero attached hydrogens (tertiary/aromatic N) is 1. The van der Waals surface area contributed by atoms with Crippen molar-refractivity contribution in [1.82, 2.24) is 9.55 Å². The van der Waals surface area contributed by atoms with Gasteiger partial charge in [-0.25, -0.2) is 4.79 Å². The van der Waals surface area contributed by atoms with Gasteiger partial charge in [0.1, 0.15) is 17.9 Å². The molecule has 140 valence electrons. The lowest BCUT2D eigenvalue weighted by Gasteiger charge is -2.39. The van der Waals surface area contributed by atoms with Crippen LogP contribution in [0.3, 0.4) is 0 Å². The quantitative estimate of drug-likeness (QED) is 0.658. The molecule has 1 aliphatic carbocycles. The molecule has 2 unspecified atom stereocenters. The Labute approximate surface area is 146 Å². The summed E-state index contributed by atoms with van der Waals surface area (Å²) in [5.74, 6) is 0. The minimum absolute atomic E-state index is 0.0852. The molecule has 1 aromatic heterocycles. The lowest BCUT2D eigenvalue weighted by Crippen LogP contribution is -2.47. The molecule has 0 aromatic carbocycles. The first kappa shape index (κ1) is 18.5. The Hall–Kier alpha value is -1.26. The van der Waals surface area contributed by atoms with Gasteiger partial charge in [-0.1, -0.05) is 20.8 Å². The van der Waals surface area contributed by atoms with Crippen molar-refractivity contribution in [3.63, 3.8) is 0 Å². The van der Waals surface area contributed by atoms with Crippen LogP contribution in [0, 0.1) is 0 Å². The third-order valence-electron chi connectivity index (χ3n) is 5.98. The van der Waals surface area contributed by atoms with Crippen LogP contribution >= 0.6 is 0 Å². The maximum absolute atomic E-state index is 12.0. The molecule has 2 aliphatic rings. The van der Waals surface area contributed by atoms with Crippen LogP contribution in [0.2, 0.25) is 18.1 Å². The highest BCUT2D eigenvalue weighted by molar-refractivity contribution is 6.74. The number of aromatic amines is 1. The summed E-state index contributed by atoms with van der Waals surface area (Å²) >= 11 is 0. The van der Waals surface area contributed by atoms with Crippen LogP contribution in [0.1, 0.15) is 33.4 Å². The van der Waals surface area contributed by atoms with E-state index in [1.165, 1.54) is 16.8 Å². The van der Waals surface area contributed by atoms with E-state index in [9.17, 15) is 19.8 Å². The number of nitrogens with one attached hydrogen (secondary N) is 1. The highest BCUT2D eigenvalue weighted by atomic mass is 28.4. The van der Waals surface area contributed by atoms with Crippen molar-refractivity contribution < 1.29 is 19.4 Å². The van der Waals surface area contributed by atoms with Crippen LogP contribution in [0.4, 0.5) is 0 Å². The summed E-state index contributed by atoms with van der Waals surface area (Å²) in [5, 5.41) is 20.3. The molecule has 1 aromatic rings. The number of rotatable bonds is 4. The highest BCUT2D eigenvalue weighted by Crippen LogP contribution is 2.66. The van der Waals surface area contributed by atoms with Crippen molar-refractivity contribution in [3.8, 4) is 0 Å². The second-order valence-corrected chi connectivity index (χ2v) is 13.2. The van der Waals surface area contributed by atoms with Crippen LogP contribution in [-0.4, -0.2) is 52.0 Å². The van der Waals surface area contributed by atoms with Crippen molar-refractivity contribution in [3.05, 3.63) is 33.1 Å². The minimum atomic E-state index is -2.26. The molecule has 8 nitrogen and oxygen atoms in total. The zero-order valence-corrected chi connectivity index (χ0v) is 16.2. The predicted octanol–water partition coefficient (Wildman–Crippen LogP) is 0.322. The Kier molecular flexibility index (Phi) is 3.98. The first-order valence-electron chi connectivity index (χ1n) is 8.39. The van der Waals surface area contributed by atoms with Gasteiger partial charge in [0.05, 0.1) is 6.61 Å². The molecule has 2 heterocycles. The minimum Gasteiger partial charge on any atom is -0.405 e. The molecule has 2 fully saturated rings. The van der Waals surface area contributed by atoms with Gasteiger partial charge in [-0.3, -0.25) is 14.3 Å². The van der Waals surface area contributed by atoms with E-state index in [2.05, 4.69) is 38.8 Å². The molecular weight excluding hydrogens is 344 g/mol. The topological polar surface area (TPSA) is 114 Å². The summed E-state index contributed by atoms with van der Waals surface area (Å²) in [5.41, 5.74) is -3.36. The number of fused-ring (bicyclic) bond motifs is 1. The molecule has 9 heteroatoms. The van der Waals surface area contributed by atoms with Crippen molar-refractivity contribution in [1.29, 1.82) is 0 Å². The maximum Gasteiger partial charge on any atom is 0.330 e. The molecule has 0 radical (unpaired) electrons. The Morgan fingerprint density at radius 2 is 2.08 bits per heavy atom. The van der Waals surface area contributed by atoms with Gasteiger partial charge in [0, 0.05) is 18.7 Å². The van der Waals surface area contributed by atoms with Gasteiger partial charge in [-0.15, -0.1) is 0 Å². The molecule has 0 amide bonds. The van der Waals surface area contributed by atoms with Gasteiger partial charge in [-0.05, 0) is 18.1 Å². The Bertz CT molecular complexity index is 797. The maximum atomic E-state index is 12.0. The van der Waals surface area contributed by atoms with E-state index in [4.69, 9.17) is 9.16 Å². The van der Waals surface area contributed by atoms with Gasteiger partial charge in [0.2, 0.25) is 0 Å². The SMILES string of the molecule is CC(C)(C)[Si](C)(C)OC12C[C@H](n3ccc(=O)[nH]c3=O)O[C@]1(CO)C2O. The molecule has 3 rings (SSSR count). The number of aliphatic hydroxyl groups is 2. The summed E-state index contributed by atoms with van der Waals surface area (Å²) in [6.07, 6.45) is -0.0835. The van der Waals surface area contributed by atoms with Crippen molar-refractivity contribution in [2.75, 3.05) is 6.61 Å². The summed E-state index contributed by atoms with van der Waals surface area (Å²) < 4.78 is 13.6. The summed E-state index contributed by atoms with van der Waals surface area (Å²) in [6, 6.07) is 1.23. The molecule has 25 heavy (non-hydrogen) atoms. The fourth-order valence-corrected chi connectivity index (χ4v) is 4.96. The second-order valence-electron chi connectivity index (χ2n) is 8.50. The van der Waals surface area contributed by atoms with Crippen LogP contribution in [0.5, 0.6) is 0 Å². The predicted molar refractivity (Wildman–Crippen MR) is 92.9 cm³/mol. The van der Waals surface area contributed by atoms with Crippen LogP contribution in [0.15, 0.2) is 21.9 Å². The Balaban J connectivity index is 1.95. The van der Waals surface area contributed by atoms with Crippen LogP contribution in [0.25, 0.3) is 0 Å². The molecule has 0 bridgehead atoms. The molecule has 1 aliphatic heterocycles. The van der Waals surface area contributed by atoms with Gasteiger partial charge < -0.3 is 19.4 Å². The molecule has 0 spiro atoms. The van der Waals surface area contributed by atoms with E-state index in [0.29, 0.717) is 0 Å². The summed E-state index contributed by atoms with van der Waals surface area (Å²) in [4.78, 5) is 25.5. The van der Waals surface area contributed by atoms with E-state index in [0.717, 1.165) is 0 Å².